The molecule has 0 aromatic carbocycles. The lowest BCUT2D eigenvalue weighted by Crippen LogP contribution is -2.36. The van der Waals surface area contributed by atoms with Crippen LogP contribution >= 0.6 is 0 Å². The van der Waals surface area contributed by atoms with Gasteiger partial charge in [-0.3, -0.25) is 10.1 Å². The minimum absolute atomic E-state index is 0.0155. The van der Waals surface area contributed by atoms with Crippen LogP contribution in [0.25, 0.3) is 0 Å². The molecule has 0 saturated heterocycles. The molecule has 3 N–H and O–H groups in total. The molecule has 2 unspecified atom stereocenters. The van der Waals surface area contributed by atoms with E-state index in [-0.39, 0.29) is 17.7 Å². The summed E-state index contributed by atoms with van der Waals surface area (Å²) in [5.41, 5.74) is 7.59. The lowest BCUT2D eigenvalue weighted by atomic mass is 9.79. The van der Waals surface area contributed by atoms with Crippen molar-refractivity contribution in [3.8, 4) is 0 Å². The fraction of sp³-hybridized carbons (Fsp3) is 0.733. The normalized spacial score (nSPS) is 22.0. The molecule has 1 saturated carbocycles. The molecule has 1 aromatic heterocycles. The summed E-state index contributed by atoms with van der Waals surface area (Å²) in [5, 5.41) is 11.0. The Labute approximate surface area is 125 Å². The van der Waals surface area contributed by atoms with Crippen molar-refractivity contribution in [2.75, 3.05) is 11.9 Å². The van der Waals surface area contributed by atoms with Crippen molar-refractivity contribution in [3.63, 3.8) is 0 Å². The van der Waals surface area contributed by atoms with E-state index in [9.17, 15) is 4.79 Å². The van der Waals surface area contributed by atoms with Gasteiger partial charge in [-0.1, -0.05) is 26.7 Å². The van der Waals surface area contributed by atoms with E-state index in [1.807, 2.05) is 13.8 Å². The van der Waals surface area contributed by atoms with Crippen molar-refractivity contribution in [1.82, 2.24) is 15.2 Å². The average molecular weight is 291 g/mol. The van der Waals surface area contributed by atoms with Gasteiger partial charge in [-0.05, 0) is 38.1 Å². The third kappa shape index (κ3) is 3.75. The Balaban J connectivity index is 2.08. The molecule has 116 valence electrons. The van der Waals surface area contributed by atoms with Crippen LogP contribution in [-0.2, 0) is 17.6 Å². The van der Waals surface area contributed by atoms with E-state index < -0.39 is 0 Å². The van der Waals surface area contributed by atoms with Crippen LogP contribution < -0.4 is 11.1 Å². The van der Waals surface area contributed by atoms with Gasteiger partial charge in [0, 0.05) is 5.92 Å². The zero-order chi connectivity index (χ0) is 15.2. The first-order chi connectivity index (χ1) is 10.2. The molecular weight excluding hydrogens is 266 g/mol. The van der Waals surface area contributed by atoms with E-state index in [1.54, 1.807) is 0 Å². The van der Waals surface area contributed by atoms with Crippen LogP contribution in [0.1, 0.15) is 50.9 Å². The van der Waals surface area contributed by atoms with Crippen LogP contribution in [0, 0.1) is 11.8 Å². The summed E-state index contributed by atoms with van der Waals surface area (Å²) in [6.45, 7) is 4.61. The molecule has 6 heteroatoms. The van der Waals surface area contributed by atoms with Gasteiger partial charge in [0.05, 0.1) is 11.4 Å². The molecule has 1 aliphatic carbocycles. The highest BCUT2D eigenvalue weighted by Crippen LogP contribution is 2.30. The van der Waals surface area contributed by atoms with Crippen LogP contribution in [0.15, 0.2) is 0 Å². The summed E-state index contributed by atoms with van der Waals surface area (Å²) in [5.74, 6) is 0.546. The summed E-state index contributed by atoms with van der Waals surface area (Å²) < 4.78 is 0. The van der Waals surface area contributed by atoms with Crippen LogP contribution in [0.2, 0.25) is 0 Å². The van der Waals surface area contributed by atoms with E-state index in [1.165, 1.54) is 0 Å². The Hall–Kier alpha value is -1.56. The second-order valence-corrected chi connectivity index (χ2v) is 5.61. The van der Waals surface area contributed by atoms with Gasteiger partial charge >= 0.3 is 0 Å². The monoisotopic (exact) mass is 291 g/mol. The van der Waals surface area contributed by atoms with Crippen LogP contribution in [0.5, 0.6) is 0 Å². The van der Waals surface area contributed by atoms with Gasteiger partial charge in [-0.2, -0.15) is 0 Å². The van der Waals surface area contributed by atoms with Crippen molar-refractivity contribution in [1.29, 1.82) is 0 Å². The molecule has 21 heavy (non-hydrogen) atoms. The van der Waals surface area contributed by atoms with Gasteiger partial charge in [0.25, 0.3) is 0 Å². The first-order valence-corrected chi connectivity index (χ1v) is 7.92. The molecule has 1 heterocycles. The quantitative estimate of drug-likeness (QED) is 0.861. The number of aryl methyl sites for hydroxylation is 2. The number of carbonyl (C=O) groups is 1. The zero-order valence-corrected chi connectivity index (χ0v) is 12.9. The van der Waals surface area contributed by atoms with E-state index in [2.05, 4.69) is 20.5 Å². The number of hydrogen-bond acceptors (Lipinski definition) is 5. The number of nitrogens with zero attached hydrogens (tertiary/aromatic N) is 3. The van der Waals surface area contributed by atoms with Crippen molar-refractivity contribution < 1.29 is 4.79 Å². The maximum atomic E-state index is 12.4. The molecule has 0 bridgehead atoms. The van der Waals surface area contributed by atoms with Gasteiger partial charge in [0.1, 0.15) is 0 Å². The predicted molar refractivity (Wildman–Crippen MR) is 81.7 cm³/mol. The molecule has 0 radical (unpaired) electrons. The fourth-order valence-electron chi connectivity index (χ4n) is 3.03. The maximum Gasteiger partial charge on any atom is 0.249 e. The zero-order valence-electron chi connectivity index (χ0n) is 12.9. The van der Waals surface area contributed by atoms with E-state index in [0.29, 0.717) is 12.5 Å². The summed E-state index contributed by atoms with van der Waals surface area (Å²) >= 11 is 0. The number of nitrogens with one attached hydrogen (secondary N) is 1. The number of anilines is 1. The minimum Gasteiger partial charge on any atom is -0.330 e. The topological polar surface area (TPSA) is 93.8 Å². The van der Waals surface area contributed by atoms with Gasteiger partial charge < -0.3 is 5.73 Å². The largest absolute Gasteiger partial charge is 0.330 e. The molecule has 6 nitrogen and oxygen atoms in total. The molecular formula is C15H25N5O. The van der Waals surface area contributed by atoms with Crippen molar-refractivity contribution in [2.45, 2.75) is 52.4 Å². The summed E-state index contributed by atoms with van der Waals surface area (Å²) in [4.78, 5) is 16.8. The number of amides is 1. The molecule has 1 amide bonds. The molecule has 0 spiro atoms. The minimum atomic E-state index is -0.0247. The SMILES string of the molecule is CCc1nnc(NC(=O)C2CCCCC2CN)nc1CC. The van der Waals surface area contributed by atoms with Crippen LogP contribution in [0.3, 0.4) is 0 Å². The Morgan fingerprint density at radius 1 is 1.19 bits per heavy atom. The highest BCUT2D eigenvalue weighted by atomic mass is 16.2. The lowest BCUT2D eigenvalue weighted by Gasteiger charge is -2.29. The number of hydrogen-bond donors (Lipinski definition) is 2. The van der Waals surface area contributed by atoms with E-state index in [0.717, 1.165) is 49.9 Å². The van der Waals surface area contributed by atoms with Crippen molar-refractivity contribution in [3.05, 3.63) is 11.4 Å². The predicted octanol–water partition coefficient (Wildman–Crippen LogP) is 1.70. The van der Waals surface area contributed by atoms with Crippen LogP contribution in [-0.4, -0.2) is 27.6 Å². The summed E-state index contributed by atoms with van der Waals surface area (Å²) in [6, 6.07) is 0. The molecule has 1 fully saturated rings. The summed E-state index contributed by atoms with van der Waals surface area (Å²) in [7, 11) is 0. The molecule has 2 atom stereocenters. The van der Waals surface area contributed by atoms with E-state index >= 15 is 0 Å². The Kier molecular flexibility index (Phi) is 5.61. The maximum absolute atomic E-state index is 12.4. The smallest absolute Gasteiger partial charge is 0.249 e. The number of nitrogens with two attached hydrogens (primary N) is 1. The fourth-order valence-corrected chi connectivity index (χ4v) is 3.03. The third-order valence-electron chi connectivity index (χ3n) is 4.29. The van der Waals surface area contributed by atoms with Crippen LogP contribution in [0.4, 0.5) is 5.95 Å². The lowest BCUT2D eigenvalue weighted by molar-refractivity contribution is -0.122. The molecule has 1 aliphatic rings. The van der Waals surface area contributed by atoms with Gasteiger partial charge in [-0.15, -0.1) is 10.2 Å². The number of rotatable bonds is 5. The average Bonchev–Trinajstić information content (AvgIpc) is 2.54. The second kappa shape index (κ2) is 7.45. The Morgan fingerprint density at radius 2 is 1.90 bits per heavy atom. The molecule has 2 rings (SSSR count). The molecule has 1 aromatic rings. The first kappa shape index (κ1) is 15.8. The Bertz CT molecular complexity index is 491. The number of aromatic nitrogens is 3. The Morgan fingerprint density at radius 3 is 2.57 bits per heavy atom. The van der Waals surface area contributed by atoms with Gasteiger partial charge in [-0.25, -0.2) is 4.98 Å². The van der Waals surface area contributed by atoms with Crippen molar-refractivity contribution >= 4 is 11.9 Å². The highest BCUT2D eigenvalue weighted by Gasteiger charge is 2.30. The van der Waals surface area contributed by atoms with Crippen molar-refractivity contribution in [2.24, 2.45) is 17.6 Å². The summed E-state index contributed by atoms with van der Waals surface area (Å²) in [6.07, 6.45) is 5.76. The third-order valence-corrected chi connectivity index (χ3v) is 4.29. The molecule has 0 aliphatic heterocycles. The number of carbonyl (C=O) groups excluding carboxylic acids is 1. The van der Waals surface area contributed by atoms with Gasteiger partial charge in [0.15, 0.2) is 0 Å². The second-order valence-electron chi connectivity index (χ2n) is 5.61. The van der Waals surface area contributed by atoms with E-state index in [4.69, 9.17) is 5.73 Å². The standard InChI is InChI=1S/C15H25N5O/c1-3-12-13(4-2)19-20-15(17-12)18-14(21)11-8-6-5-7-10(11)9-16/h10-11H,3-9,16H2,1-2H3,(H,17,18,20,21). The van der Waals surface area contributed by atoms with Gasteiger partial charge in [0.2, 0.25) is 11.9 Å². The highest BCUT2D eigenvalue weighted by molar-refractivity contribution is 5.91. The first-order valence-electron chi connectivity index (χ1n) is 7.92.